The van der Waals surface area contributed by atoms with E-state index in [9.17, 15) is 13.6 Å². The fourth-order valence-electron chi connectivity index (χ4n) is 1.93. The summed E-state index contributed by atoms with van der Waals surface area (Å²) in [5.41, 5.74) is 1.90. The molecule has 0 saturated carbocycles. The van der Waals surface area contributed by atoms with Gasteiger partial charge in [-0.3, -0.25) is 4.79 Å². The van der Waals surface area contributed by atoms with E-state index in [0.29, 0.717) is 5.92 Å². The van der Waals surface area contributed by atoms with Crippen molar-refractivity contribution in [2.45, 2.75) is 19.8 Å². The smallest absolute Gasteiger partial charge is 0.248 e. The molecule has 0 bridgehead atoms. The third-order valence-electron chi connectivity index (χ3n) is 3.22. The summed E-state index contributed by atoms with van der Waals surface area (Å²) in [7, 11) is 0. The maximum Gasteiger partial charge on any atom is 0.248 e. The van der Waals surface area contributed by atoms with Crippen LogP contribution >= 0.6 is 0 Å². The molecule has 1 amide bonds. The van der Waals surface area contributed by atoms with Crippen LogP contribution in [0, 0.1) is 11.6 Å². The summed E-state index contributed by atoms with van der Waals surface area (Å²) in [4.78, 5) is 11.7. The van der Waals surface area contributed by atoms with Crippen molar-refractivity contribution in [3.05, 3.63) is 71.3 Å². The first-order chi connectivity index (χ1) is 10.5. The van der Waals surface area contributed by atoms with Crippen molar-refractivity contribution < 1.29 is 13.6 Å². The lowest BCUT2D eigenvalue weighted by molar-refractivity contribution is -0.111. The van der Waals surface area contributed by atoms with Crippen molar-refractivity contribution in [3.63, 3.8) is 0 Å². The Labute approximate surface area is 128 Å². The van der Waals surface area contributed by atoms with Crippen LogP contribution in [0.1, 0.15) is 30.9 Å². The summed E-state index contributed by atoms with van der Waals surface area (Å²) in [6, 6.07) is 10.7. The Morgan fingerprint density at radius 2 is 1.77 bits per heavy atom. The maximum atomic E-state index is 13.4. The van der Waals surface area contributed by atoms with Gasteiger partial charge < -0.3 is 5.32 Å². The van der Waals surface area contributed by atoms with Crippen LogP contribution in [-0.4, -0.2) is 5.91 Å². The van der Waals surface area contributed by atoms with Crippen LogP contribution in [0.4, 0.5) is 14.5 Å². The van der Waals surface area contributed by atoms with E-state index in [1.165, 1.54) is 11.6 Å². The fourth-order valence-corrected chi connectivity index (χ4v) is 1.93. The predicted octanol–water partition coefficient (Wildman–Crippen LogP) is 4.74. The van der Waals surface area contributed by atoms with Crippen LogP contribution in [0.15, 0.2) is 48.5 Å². The Bertz CT molecular complexity index is 691. The molecule has 2 nitrogen and oxygen atoms in total. The van der Waals surface area contributed by atoms with Gasteiger partial charge in [0, 0.05) is 12.1 Å². The molecule has 0 radical (unpaired) electrons. The number of carbonyl (C=O) groups is 1. The minimum atomic E-state index is -0.676. The Morgan fingerprint density at radius 1 is 1.09 bits per heavy atom. The first-order valence-electron chi connectivity index (χ1n) is 7.00. The monoisotopic (exact) mass is 301 g/mol. The van der Waals surface area contributed by atoms with Gasteiger partial charge in [0.2, 0.25) is 5.91 Å². The minimum Gasteiger partial charge on any atom is -0.320 e. The first-order valence-corrected chi connectivity index (χ1v) is 7.00. The predicted molar refractivity (Wildman–Crippen MR) is 84.6 cm³/mol. The normalized spacial score (nSPS) is 11.1. The molecule has 1 N–H and O–H groups in total. The van der Waals surface area contributed by atoms with E-state index in [-0.39, 0.29) is 5.69 Å². The molecule has 0 spiro atoms. The molecule has 2 aromatic rings. The molecule has 2 rings (SSSR count). The summed E-state index contributed by atoms with van der Waals surface area (Å²) in [5.74, 6) is -1.36. The molecule has 2 aromatic carbocycles. The van der Waals surface area contributed by atoms with Crippen LogP contribution in [-0.2, 0) is 4.79 Å². The van der Waals surface area contributed by atoms with Gasteiger partial charge in [0.25, 0.3) is 0 Å². The molecule has 0 fully saturated rings. The molecule has 0 aliphatic carbocycles. The number of hydrogen-bond donors (Lipinski definition) is 1. The van der Waals surface area contributed by atoms with E-state index in [4.69, 9.17) is 0 Å². The lowest BCUT2D eigenvalue weighted by Crippen LogP contribution is -2.09. The number of amides is 1. The highest BCUT2D eigenvalue weighted by Crippen LogP contribution is 2.16. The van der Waals surface area contributed by atoms with Crippen molar-refractivity contribution in [1.82, 2.24) is 0 Å². The van der Waals surface area contributed by atoms with Gasteiger partial charge >= 0.3 is 0 Å². The number of carbonyl (C=O) groups excluding carboxylic acids is 1. The molecule has 0 aliphatic rings. The van der Waals surface area contributed by atoms with Gasteiger partial charge in [-0.05, 0) is 35.3 Å². The van der Waals surface area contributed by atoms with Gasteiger partial charge in [-0.25, -0.2) is 8.78 Å². The molecule has 114 valence electrons. The second-order valence-corrected chi connectivity index (χ2v) is 5.27. The van der Waals surface area contributed by atoms with Crippen LogP contribution in [0.25, 0.3) is 6.08 Å². The first kappa shape index (κ1) is 15.9. The summed E-state index contributed by atoms with van der Waals surface area (Å²) < 4.78 is 26.4. The van der Waals surface area contributed by atoms with E-state index in [0.717, 1.165) is 23.8 Å². The molecule has 0 aromatic heterocycles. The summed E-state index contributed by atoms with van der Waals surface area (Å²) in [6.07, 6.45) is 2.91. The molecule has 4 heteroatoms. The van der Waals surface area contributed by atoms with Crippen molar-refractivity contribution in [2.24, 2.45) is 0 Å². The molecule has 0 heterocycles. The largest absolute Gasteiger partial charge is 0.320 e. The van der Waals surface area contributed by atoms with Crippen LogP contribution < -0.4 is 5.32 Å². The van der Waals surface area contributed by atoms with Gasteiger partial charge in [0.1, 0.15) is 11.6 Å². The van der Waals surface area contributed by atoms with Gasteiger partial charge in [-0.15, -0.1) is 0 Å². The summed E-state index contributed by atoms with van der Waals surface area (Å²) in [5, 5.41) is 2.31. The molecular formula is C18H17F2NO. The zero-order valence-corrected chi connectivity index (χ0v) is 12.4. The number of halogens is 2. The van der Waals surface area contributed by atoms with Crippen LogP contribution in [0.2, 0.25) is 0 Å². The Balaban J connectivity index is 2.03. The average Bonchev–Trinajstić information content (AvgIpc) is 2.49. The van der Waals surface area contributed by atoms with Crippen LogP contribution in [0.3, 0.4) is 0 Å². The van der Waals surface area contributed by atoms with Crippen molar-refractivity contribution in [3.8, 4) is 0 Å². The lowest BCUT2D eigenvalue weighted by Gasteiger charge is -2.05. The number of benzene rings is 2. The molecule has 0 atom stereocenters. The lowest BCUT2D eigenvalue weighted by atomic mass is 10.0. The number of anilines is 1. The Hall–Kier alpha value is -2.49. The second kappa shape index (κ2) is 6.98. The molecule has 0 unspecified atom stereocenters. The Morgan fingerprint density at radius 3 is 2.41 bits per heavy atom. The van der Waals surface area contributed by atoms with Gasteiger partial charge in [-0.2, -0.15) is 0 Å². The standard InChI is InChI=1S/C18H17F2NO/c1-12(2)14-6-3-13(4-7-14)5-10-18(22)21-17-11-15(19)8-9-16(17)20/h3-12H,1-2H3,(H,21,22)/b10-5+. The number of hydrogen-bond acceptors (Lipinski definition) is 1. The topological polar surface area (TPSA) is 29.1 Å². The van der Waals surface area contributed by atoms with Crippen molar-refractivity contribution in [2.75, 3.05) is 5.32 Å². The van der Waals surface area contributed by atoms with Gasteiger partial charge in [-0.1, -0.05) is 38.1 Å². The van der Waals surface area contributed by atoms with Crippen LogP contribution in [0.5, 0.6) is 0 Å². The molecule has 0 aliphatic heterocycles. The highest BCUT2D eigenvalue weighted by atomic mass is 19.1. The SMILES string of the molecule is CC(C)c1ccc(/C=C/C(=O)Nc2cc(F)ccc2F)cc1. The van der Waals surface area contributed by atoms with Gasteiger partial charge in [0.05, 0.1) is 5.69 Å². The third-order valence-corrected chi connectivity index (χ3v) is 3.22. The van der Waals surface area contributed by atoms with Crippen molar-refractivity contribution >= 4 is 17.7 Å². The van der Waals surface area contributed by atoms with E-state index in [1.54, 1.807) is 6.08 Å². The summed E-state index contributed by atoms with van der Waals surface area (Å²) >= 11 is 0. The van der Waals surface area contributed by atoms with Gasteiger partial charge in [0.15, 0.2) is 0 Å². The highest BCUT2D eigenvalue weighted by molar-refractivity contribution is 6.01. The number of rotatable bonds is 4. The fraction of sp³-hybridized carbons (Fsp3) is 0.167. The zero-order chi connectivity index (χ0) is 16.1. The Kier molecular flexibility index (Phi) is 5.04. The quantitative estimate of drug-likeness (QED) is 0.812. The van der Waals surface area contributed by atoms with E-state index in [1.807, 2.05) is 24.3 Å². The maximum absolute atomic E-state index is 13.4. The van der Waals surface area contributed by atoms with Crippen molar-refractivity contribution in [1.29, 1.82) is 0 Å². The minimum absolute atomic E-state index is 0.176. The molecular weight excluding hydrogens is 284 g/mol. The average molecular weight is 301 g/mol. The van der Waals surface area contributed by atoms with E-state index >= 15 is 0 Å². The van der Waals surface area contributed by atoms with E-state index < -0.39 is 17.5 Å². The second-order valence-electron chi connectivity index (χ2n) is 5.27. The highest BCUT2D eigenvalue weighted by Gasteiger charge is 2.06. The summed E-state index contributed by atoms with van der Waals surface area (Å²) in [6.45, 7) is 4.21. The molecule has 22 heavy (non-hydrogen) atoms. The third kappa shape index (κ3) is 4.25. The molecule has 0 saturated heterocycles. The van der Waals surface area contributed by atoms with E-state index in [2.05, 4.69) is 19.2 Å². The number of nitrogens with one attached hydrogen (secondary N) is 1. The zero-order valence-electron chi connectivity index (χ0n) is 12.4.